The number of benzene rings is 2. The second-order valence-electron chi connectivity index (χ2n) is 6.51. The van der Waals surface area contributed by atoms with E-state index in [1.807, 2.05) is 0 Å². The van der Waals surface area contributed by atoms with Crippen LogP contribution in [0.4, 0.5) is 17.1 Å². The first kappa shape index (κ1) is 20.4. The first-order valence-electron chi connectivity index (χ1n) is 8.66. The smallest absolute Gasteiger partial charge is 0.293 e. The number of sulfonamides is 1. The molecule has 3 rings (SSSR count). The fourth-order valence-corrected chi connectivity index (χ4v) is 4.42. The molecular weight excluding hydrogens is 406 g/mol. The average molecular weight is 426 g/mol. The minimum Gasteiger partial charge on any atom is -0.376 e. The molecule has 0 amide bonds. The van der Waals surface area contributed by atoms with Gasteiger partial charge in [-0.2, -0.15) is 0 Å². The monoisotopic (exact) mass is 425 g/mol. The van der Waals surface area contributed by atoms with Gasteiger partial charge in [-0.25, -0.2) is 8.42 Å². The summed E-state index contributed by atoms with van der Waals surface area (Å²) in [6.07, 6.45) is 1.87. The summed E-state index contributed by atoms with van der Waals surface area (Å²) in [4.78, 5) is 12.5. The highest BCUT2D eigenvalue weighted by atomic mass is 35.5. The minimum atomic E-state index is -4.04. The van der Waals surface area contributed by atoms with Gasteiger partial charge in [-0.05, 0) is 37.1 Å². The van der Waals surface area contributed by atoms with Crippen molar-refractivity contribution in [1.82, 2.24) is 0 Å². The number of hydrogen-bond acceptors (Lipinski definition) is 6. The van der Waals surface area contributed by atoms with Crippen LogP contribution in [0.15, 0.2) is 47.4 Å². The van der Waals surface area contributed by atoms with Crippen LogP contribution in [-0.2, 0) is 14.8 Å². The minimum absolute atomic E-state index is 0.00917. The maximum absolute atomic E-state index is 12.7. The largest absolute Gasteiger partial charge is 0.376 e. The molecule has 1 atom stereocenters. The summed E-state index contributed by atoms with van der Waals surface area (Å²) in [5.74, 6) is 0. The second-order valence-corrected chi connectivity index (χ2v) is 8.60. The molecule has 150 valence electrons. The fraction of sp³-hybridized carbons (Fsp3) is 0.333. The van der Waals surface area contributed by atoms with E-state index in [2.05, 4.69) is 4.72 Å². The molecular formula is C18H20ClN3O5S. The van der Waals surface area contributed by atoms with E-state index < -0.39 is 14.9 Å². The molecule has 1 saturated heterocycles. The molecule has 0 bridgehead atoms. The molecule has 10 heteroatoms. The topological polar surface area (TPSA) is 102 Å². The van der Waals surface area contributed by atoms with Gasteiger partial charge in [0.1, 0.15) is 5.69 Å². The Morgan fingerprint density at radius 1 is 1.32 bits per heavy atom. The van der Waals surface area contributed by atoms with E-state index in [1.54, 1.807) is 30.1 Å². The predicted octanol–water partition coefficient (Wildman–Crippen LogP) is 3.66. The number of anilines is 2. The van der Waals surface area contributed by atoms with E-state index in [0.29, 0.717) is 18.8 Å². The number of rotatable bonds is 7. The van der Waals surface area contributed by atoms with Gasteiger partial charge in [-0.15, -0.1) is 0 Å². The molecule has 2 aromatic rings. The van der Waals surface area contributed by atoms with Crippen molar-refractivity contribution in [2.45, 2.75) is 23.8 Å². The van der Waals surface area contributed by atoms with Crippen molar-refractivity contribution in [3.63, 3.8) is 0 Å². The third kappa shape index (κ3) is 4.54. The zero-order chi connectivity index (χ0) is 20.3. The SMILES string of the molecule is CN(C[C@@H]1CCCO1)c1ccc(S(=O)(=O)Nc2ccccc2Cl)cc1[N+](=O)[O-]. The molecule has 1 aliphatic heterocycles. The third-order valence-electron chi connectivity index (χ3n) is 4.48. The van der Waals surface area contributed by atoms with Gasteiger partial charge >= 0.3 is 0 Å². The molecule has 0 saturated carbocycles. The highest BCUT2D eigenvalue weighted by molar-refractivity contribution is 7.92. The Morgan fingerprint density at radius 3 is 2.71 bits per heavy atom. The number of hydrogen-bond donors (Lipinski definition) is 1. The lowest BCUT2D eigenvalue weighted by Crippen LogP contribution is -2.29. The molecule has 2 aromatic carbocycles. The Hall–Kier alpha value is -2.36. The highest BCUT2D eigenvalue weighted by Gasteiger charge is 2.26. The van der Waals surface area contributed by atoms with Crippen LogP contribution in [0.1, 0.15) is 12.8 Å². The molecule has 1 fully saturated rings. The van der Waals surface area contributed by atoms with Crippen LogP contribution in [-0.4, -0.2) is 39.6 Å². The third-order valence-corrected chi connectivity index (χ3v) is 6.18. The number of nitrogens with zero attached hydrogens (tertiary/aromatic N) is 2. The number of para-hydroxylation sites is 1. The van der Waals surface area contributed by atoms with Crippen molar-refractivity contribution in [1.29, 1.82) is 0 Å². The van der Waals surface area contributed by atoms with Gasteiger partial charge in [0, 0.05) is 26.3 Å². The van der Waals surface area contributed by atoms with Gasteiger partial charge < -0.3 is 9.64 Å². The summed E-state index contributed by atoms with van der Waals surface area (Å²) in [5.41, 5.74) is 0.242. The molecule has 28 heavy (non-hydrogen) atoms. The van der Waals surface area contributed by atoms with Crippen LogP contribution in [0.3, 0.4) is 0 Å². The quantitative estimate of drug-likeness (QED) is 0.536. The molecule has 1 aliphatic rings. The first-order chi connectivity index (χ1) is 13.3. The Morgan fingerprint density at radius 2 is 2.07 bits per heavy atom. The van der Waals surface area contributed by atoms with E-state index in [9.17, 15) is 18.5 Å². The Labute approximate surface area is 168 Å². The summed E-state index contributed by atoms with van der Waals surface area (Å²) in [6, 6.07) is 10.2. The standard InChI is InChI=1S/C18H20ClN3O5S/c1-21(12-13-5-4-10-27-13)17-9-8-14(11-18(17)22(23)24)28(25,26)20-16-7-3-2-6-15(16)19/h2-3,6-9,11,13,20H,4-5,10,12H2,1H3/t13-/m0/s1. The lowest BCUT2D eigenvalue weighted by molar-refractivity contribution is -0.384. The van der Waals surface area contributed by atoms with Crippen LogP contribution in [0, 0.1) is 10.1 Å². The van der Waals surface area contributed by atoms with Crippen molar-refractivity contribution in [2.75, 3.05) is 29.8 Å². The Kier molecular flexibility index (Phi) is 6.07. The molecule has 8 nitrogen and oxygen atoms in total. The Balaban J connectivity index is 1.89. The maximum Gasteiger partial charge on any atom is 0.293 e. The van der Waals surface area contributed by atoms with Gasteiger partial charge in [-0.3, -0.25) is 14.8 Å². The zero-order valence-corrected chi connectivity index (χ0v) is 16.7. The van der Waals surface area contributed by atoms with E-state index >= 15 is 0 Å². The second kappa shape index (κ2) is 8.34. The van der Waals surface area contributed by atoms with Crippen LogP contribution in [0.5, 0.6) is 0 Å². The van der Waals surface area contributed by atoms with Crippen LogP contribution >= 0.6 is 11.6 Å². The Bertz CT molecular complexity index is 977. The number of halogens is 1. The number of nitro groups is 1. The van der Waals surface area contributed by atoms with Crippen LogP contribution < -0.4 is 9.62 Å². The van der Waals surface area contributed by atoms with Gasteiger partial charge in [-0.1, -0.05) is 23.7 Å². The van der Waals surface area contributed by atoms with Crippen molar-refractivity contribution in [2.24, 2.45) is 0 Å². The van der Waals surface area contributed by atoms with Crippen molar-refractivity contribution < 1.29 is 18.1 Å². The molecule has 0 aliphatic carbocycles. The molecule has 1 heterocycles. The average Bonchev–Trinajstić information content (AvgIpc) is 3.16. The number of nitrogens with one attached hydrogen (secondary N) is 1. The molecule has 0 aromatic heterocycles. The summed E-state index contributed by atoms with van der Waals surface area (Å²) >= 11 is 5.99. The first-order valence-corrected chi connectivity index (χ1v) is 10.5. The summed E-state index contributed by atoms with van der Waals surface area (Å²) in [5, 5.41) is 11.8. The zero-order valence-electron chi connectivity index (χ0n) is 15.2. The summed E-state index contributed by atoms with van der Waals surface area (Å²) in [7, 11) is -2.32. The fourth-order valence-electron chi connectivity index (χ4n) is 3.08. The molecule has 0 unspecified atom stereocenters. The van der Waals surface area contributed by atoms with Gasteiger partial charge in [0.05, 0.1) is 26.6 Å². The molecule has 1 N–H and O–H groups in total. The molecule has 0 spiro atoms. The predicted molar refractivity (Wildman–Crippen MR) is 108 cm³/mol. The van der Waals surface area contributed by atoms with Gasteiger partial charge in [0.25, 0.3) is 15.7 Å². The highest BCUT2D eigenvalue weighted by Crippen LogP contribution is 2.32. The maximum atomic E-state index is 12.7. The number of ether oxygens (including phenoxy) is 1. The van der Waals surface area contributed by atoms with E-state index in [-0.39, 0.29) is 27.4 Å². The van der Waals surface area contributed by atoms with Crippen molar-refractivity contribution in [3.05, 3.63) is 57.6 Å². The lowest BCUT2D eigenvalue weighted by atomic mass is 10.2. The van der Waals surface area contributed by atoms with E-state index in [4.69, 9.17) is 16.3 Å². The van der Waals surface area contributed by atoms with Crippen molar-refractivity contribution in [3.8, 4) is 0 Å². The molecule has 0 radical (unpaired) electrons. The van der Waals surface area contributed by atoms with Crippen LogP contribution in [0.25, 0.3) is 0 Å². The van der Waals surface area contributed by atoms with Gasteiger partial charge in [0.2, 0.25) is 0 Å². The summed E-state index contributed by atoms with van der Waals surface area (Å²) < 4.78 is 33.3. The summed E-state index contributed by atoms with van der Waals surface area (Å²) in [6.45, 7) is 1.18. The van der Waals surface area contributed by atoms with Crippen molar-refractivity contribution >= 4 is 38.7 Å². The number of likely N-dealkylation sites (N-methyl/N-ethyl adjacent to an activating group) is 1. The van der Waals surface area contributed by atoms with Gasteiger partial charge in [0.15, 0.2) is 0 Å². The lowest BCUT2D eigenvalue weighted by Gasteiger charge is -2.22. The van der Waals surface area contributed by atoms with Crippen LogP contribution in [0.2, 0.25) is 5.02 Å². The van der Waals surface area contributed by atoms with E-state index in [1.165, 1.54) is 18.2 Å². The van der Waals surface area contributed by atoms with E-state index in [0.717, 1.165) is 18.9 Å². The number of nitro benzene ring substituents is 1. The normalized spacial score (nSPS) is 16.7.